The summed E-state index contributed by atoms with van der Waals surface area (Å²) in [5, 5.41) is 16.6. The van der Waals surface area contributed by atoms with Gasteiger partial charge in [-0.3, -0.25) is 5.32 Å². The molecule has 0 amide bonds. The third-order valence-corrected chi connectivity index (χ3v) is 5.89. The highest BCUT2D eigenvalue weighted by atomic mass is 32.1. The molecule has 3 rings (SSSR count). The van der Waals surface area contributed by atoms with Gasteiger partial charge in [-0.05, 0) is 76.9 Å². The van der Waals surface area contributed by atoms with Gasteiger partial charge in [0.25, 0.3) is 0 Å². The summed E-state index contributed by atoms with van der Waals surface area (Å²) in [5.41, 5.74) is 2.19. The summed E-state index contributed by atoms with van der Waals surface area (Å²) < 4.78 is 6.15. The summed E-state index contributed by atoms with van der Waals surface area (Å²) >= 11 is 4.78. The van der Waals surface area contributed by atoms with E-state index in [1.165, 1.54) is 5.06 Å². The van der Waals surface area contributed by atoms with Crippen molar-refractivity contribution in [1.29, 1.82) is 0 Å². The smallest absolute Gasteiger partial charge is 0.135 e. The van der Waals surface area contributed by atoms with Gasteiger partial charge in [-0.1, -0.05) is 13.3 Å². The Labute approximate surface area is 155 Å². The summed E-state index contributed by atoms with van der Waals surface area (Å²) in [5.74, 6) is 0.821. The molecule has 1 atom stereocenters. The van der Waals surface area contributed by atoms with Crippen LogP contribution in [-0.2, 0) is 15.9 Å². The molecule has 2 aromatic rings. The van der Waals surface area contributed by atoms with Crippen molar-refractivity contribution in [3.63, 3.8) is 0 Å². The third-order valence-electron chi connectivity index (χ3n) is 5.51. The highest BCUT2D eigenvalue weighted by Crippen LogP contribution is 2.49. The van der Waals surface area contributed by atoms with Crippen LogP contribution in [0.3, 0.4) is 0 Å². The van der Waals surface area contributed by atoms with Gasteiger partial charge in [0, 0.05) is 5.39 Å². The monoisotopic (exact) mass is 362 g/mol. The van der Waals surface area contributed by atoms with Crippen LogP contribution in [0.25, 0.3) is 11.0 Å². The van der Waals surface area contributed by atoms with Crippen LogP contribution >= 0.6 is 12.6 Å². The van der Waals surface area contributed by atoms with E-state index in [-0.39, 0.29) is 0 Å². The maximum atomic E-state index is 10.6. The van der Waals surface area contributed by atoms with E-state index in [1.807, 2.05) is 34.6 Å². The van der Waals surface area contributed by atoms with Crippen LogP contribution in [0.4, 0.5) is 0 Å². The Bertz CT molecular complexity index is 739. The van der Waals surface area contributed by atoms with Crippen LogP contribution in [0.2, 0.25) is 0 Å². The first-order valence-corrected chi connectivity index (χ1v) is 9.52. The maximum absolute atomic E-state index is 10.6. The molecule has 0 saturated carbocycles. The number of rotatable bonds is 5. The van der Waals surface area contributed by atoms with Crippen LogP contribution in [0, 0.1) is 0 Å². The van der Waals surface area contributed by atoms with Crippen LogP contribution in [0.15, 0.2) is 22.6 Å². The second-order valence-electron chi connectivity index (χ2n) is 8.33. The Morgan fingerprint density at radius 1 is 1.16 bits per heavy atom. The largest absolute Gasteiger partial charge is 0.458 e. The molecule has 1 aromatic heterocycles. The molecule has 1 aliphatic rings. The molecule has 0 radical (unpaired) electrons. The quantitative estimate of drug-likeness (QED) is 0.393. The predicted molar refractivity (Wildman–Crippen MR) is 105 cm³/mol. The van der Waals surface area contributed by atoms with Gasteiger partial charge in [0.15, 0.2) is 0 Å². The van der Waals surface area contributed by atoms with E-state index in [0.717, 1.165) is 47.2 Å². The Kier molecular flexibility index (Phi) is 4.52. The van der Waals surface area contributed by atoms with Crippen molar-refractivity contribution in [2.75, 3.05) is 6.54 Å². The van der Waals surface area contributed by atoms with E-state index in [9.17, 15) is 5.21 Å². The van der Waals surface area contributed by atoms with Crippen molar-refractivity contribution in [2.45, 2.75) is 70.3 Å². The molecule has 0 bridgehead atoms. The van der Waals surface area contributed by atoms with Crippen molar-refractivity contribution >= 4 is 23.6 Å². The number of fused-ring (bicyclic) bond motifs is 2. The minimum absolute atomic E-state index is 0.436. The summed E-state index contributed by atoms with van der Waals surface area (Å²) in [7, 11) is 0. The summed E-state index contributed by atoms with van der Waals surface area (Å²) in [6.07, 6.45) is 2.25. The van der Waals surface area contributed by atoms with E-state index in [1.54, 1.807) is 0 Å². The first-order valence-electron chi connectivity index (χ1n) is 9.07. The van der Waals surface area contributed by atoms with Gasteiger partial charge in [-0.2, -0.15) is 5.06 Å². The second kappa shape index (κ2) is 6.02. The van der Waals surface area contributed by atoms with Gasteiger partial charge in [-0.15, -0.1) is 12.6 Å². The molecular formula is C20H30N2O2S. The molecule has 1 aromatic carbocycles. The topological polar surface area (TPSA) is 48.6 Å². The van der Waals surface area contributed by atoms with Gasteiger partial charge in [0.2, 0.25) is 0 Å². The van der Waals surface area contributed by atoms with Crippen LogP contribution < -0.4 is 5.32 Å². The Morgan fingerprint density at radius 3 is 2.36 bits per heavy atom. The van der Waals surface area contributed by atoms with E-state index in [4.69, 9.17) is 17.0 Å². The lowest BCUT2D eigenvalue weighted by atomic mass is 9.89. The number of hydroxylamine groups is 2. The zero-order valence-corrected chi connectivity index (χ0v) is 17.0. The lowest BCUT2D eigenvalue weighted by Gasteiger charge is -2.34. The van der Waals surface area contributed by atoms with Gasteiger partial charge in [0.1, 0.15) is 16.2 Å². The van der Waals surface area contributed by atoms with Gasteiger partial charge in [-0.25, -0.2) is 0 Å². The second-order valence-corrected chi connectivity index (χ2v) is 9.22. The average Bonchev–Trinajstić information content (AvgIpc) is 3.01. The van der Waals surface area contributed by atoms with E-state index >= 15 is 0 Å². The average molecular weight is 363 g/mol. The Balaban J connectivity index is 2.04. The fourth-order valence-corrected chi connectivity index (χ4v) is 4.08. The zero-order chi connectivity index (χ0) is 18.6. The number of hydrogen-bond donors (Lipinski definition) is 3. The van der Waals surface area contributed by atoms with E-state index in [2.05, 4.69) is 30.4 Å². The first kappa shape index (κ1) is 18.8. The van der Waals surface area contributed by atoms with Crippen LogP contribution in [0.1, 0.15) is 71.3 Å². The van der Waals surface area contributed by atoms with E-state index in [0.29, 0.717) is 0 Å². The number of unbranched alkanes of at least 4 members (excludes halogenated alkanes) is 1. The molecule has 1 aliphatic heterocycles. The molecule has 0 fully saturated rings. The third kappa shape index (κ3) is 2.91. The minimum atomic E-state index is -0.507. The number of nitrogens with one attached hydrogen (secondary N) is 1. The molecular weight excluding hydrogens is 332 g/mol. The minimum Gasteiger partial charge on any atom is -0.458 e. The van der Waals surface area contributed by atoms with E-state index < -0.39 is 15.9 Å². The number of benzene rings is 1. The van der Waals surface area contributed by atoms with Crippen molar-refractivity contribution < 1.29 is 9.62 Å². The fourth-order valence-electron chi connectivity index (χ4n) is 3.86. The molecule has 2 N–H and O–H groups in total. The van der Waals surface area contributed by atoms with Gasteiger partial charge < -0.3 is 9.62 Å². The molecule has 2 heterocycles. The lowest BCUT2D eigenvalue weighted by molar-refractivity contribution is -0.216. The van der Waals surface area contributed by atoms with Crippen molar-refractivity contribution in [2.24, 2.45) is 0 Å². The highest BCUT2D eigenvalue weighted by molar-refractivity contribution is 7.81. The van der Waals surface area contributed by atoms with Crippen molar-refractivity contribution in [3.8, 4) is 0 Å². The molecule has 5 heteroatoms. The first-order chi connectivity index (χ1) is 11.5. The molecule has 0 aliphatic carbocycles. The fraction of sp³-hybridized carbons (Fsp3) is 0.600. The zero-order valence-electron chi connectivity index (χ0n) is 16.1. The molecule has 0 saturated heterocycles. The summed E-state index contributed by atoms with van der Waals surface area (Å²) in [6.45, 7) is 13.3. The van der Waals surface area contributed by atoms with Crippen molar-refractivity contribution in [1.82, 2.24) is 10.4 Å². The normalized spacial score (nSPS) is 21.4. The summed E-state index contributed by atoms with van der Waals surface area (Å²) in [6, 6.07) is 6.28. The molecule has 0 spiro atoms. The summed E-state index contributed by atoms with van der Waals surface area (Å²) in [4.78, 5) is -0.507. The van der Waals surface area contributed by atoms with Crippen LogP contribution in [-0.4, -0.2) is 16.8 Å². The number of nitrogens with zero attached hydrogens (tertiary/aromatic N) is 1. The van der Waals surface area contributed by atoms with Crippen LogP contribution in [0.5, 0.6) is 0 Å². The van der Waals surface area contributed by atoms with Gasteiger partial charge >= 0.3 is 0 Å². The molecule has 25 heavy (non-hydrogen) atoms. The lowest BCUT2D eigenvalue weighted by Crippen LogP contribution is -2.42. The standard InChI is InChI=1S/C20H30N2O2S/c1-7-8-9-21-20(6,25)17-11-13-10-14-15(12-16(13)24-17)19(4,5)22(23)18(14,2)3/h10-12,21,23,25H,7-9H2,1-6H3. The highest BCUT2D eigenvalue weighted by Gasteiger charge is 2.49. The number of thiol groups is 1. The molecule has 1 unspecified atom stereocenters. The SMILES string of the molecule is CCCCNC(C)(S)c1cc2cc3c(cc2o1)C(C)(C)N(O)C3(C)C. The molecule has 138 valence electrons. The number of hydrogen-bond acceptors (Lipinski definition) is 5. The predicted octanol–water partition coefficient (Wildman–Crippen LogP) is 5.10. The maximum Gasteiger partial charge on any atom is 0.135 e. The van der Waals surface area contributed by atoms with Crippen molar-refractivity contribution in [3.05, 3.63) is 35.1 Å². The molecule has 4 nitrogen and oxygen atoms in total. The Morgan fingerprint density at radius 2 is 1.76 bits per heavy atom. The Hall–Kier alpha value is -1.01. The van der Waals surface area contributed by atoms with Gasteiger partial charge in [0.05, 0.1) is 11.1 Å². The number of furan rings is 1.